The number of carbonyl (C=O) groups is 1. The minimum absolute atomic E-state index is 0.0884. The number of carbonyl (C=O) groups excluding carboxylic acids is 1. The number of ether oxygens (including phenoxy) is 1. The van der Waals surface area contributed by atoms with Crippen LogP contribution in [-0.2, 0) is 14.8 Å². The van der Waals surface area contributed by atoms with Crippen LogP contribution in [0.1, 0.15) is 39.2 Å². The second-order valence-corrected chi connectivity index (χ2v) is 12.3. The lowest BCUT2D eigenvalue weighted by Crippen LogP contribution is -2.32. The highest BCUT2D eigenvalue weighted by Gasteiger charge is 2.48. The molecule has 1 saturated carbocycles. The van der Waals surface area contributed by atoms with Gasteiger partial charge in [-0.15, -0.1) is 0 Å². The maximum atomic E-state index is 11.8. The van der Waals surface area contributed by atoms with E-state index in [2.05, 4.69) is 25.0 Å². The van der Waals surface area contributed by atoms with Crippen LogP contribution >= 0.6 is 0 Å². The van der Waals surface area contributed by atoms with Gasteiger partial charge in [-0.3, -0.25) is 5.32 Å². The first-order valence-corrected chi connectivity index (χ1v) is 11.2. The quantitative estimate of drug-likeness (QED) is 0.804. The van der Waals surface area contributed by atoms with Crippen LogP contribution in [0.3, 0.4) is 0 Å². The smallest absolute Gasteiger partial charge is 0.412 e. The highest BCUT2D eigenvalue weighted by atomic mass is 28.4. The van der Waals surface area contributed by atoms with Gasteiger partial charge in [0.25, 0.3) is 0 Å². The van der Waals surface area contributed by atoms with Gasteiger partial charge < -0.3 is 9.16 Å². The number of nitrogens with one attached hydrogen (secondary N) is 1. The molecule has 1 aromatic carbocycles. The minimum atomic E-state index is -1.57. The third-order valence-corrected chi connectivity index (χ3v) is 4.27. The van der Waals surface area contributed by atoms with Crippen molar-refractivity contribution in [1.29, 1.82) is 0 Å². The number of hydrogen-bond donors (Lipinski definition) is 1. The monoisotopic (exact) mass is 321 g/mol. The van der Waals surface area contributed by atoms with Gasteiger partial charge in [0.05, 0.1) is 5.60 Å². The van der Waals surface area contributed by atoms with Gasteiger partial charge in [0.15, 0.2) is 8.32 Å². The molecular weight excluding hydrogens is 294 g/mol. The summed E-state index contributed by atoms with van der Waals surface area (Å²) >= 11 is 0. The van der Waals surface area contributed by atoms with Gasteiger partial charge in [0.1, 0.15) is 5.60 Å². The van der Waals surface area contributed by atoms with Crippen LogP contribution in [0.4, 0.5) is 10.5 Å². The average Bonchev–Trinajstić information content (AvgIpc) is 3.05. The molecule has 0 spiro atoms. The molecule has 22 heavy (non-hydrogen) atoms. The number of rotatable bonds is 4. The number of hydrogen-bond acceptors (Lipinski definition) is 3. The number of anilines is 1. The van der Waals surface area contributed by atoms with E-state index in [4.69, 9.17) is 9.16 Å². The van der Waals surface area contributed by atoms with E-state index in [0.717, 1.165) is 18.5 Å². The van der Waals surface area contributed by atoms with Crippen molar-refractivity contribution < 1.29 is 14.0 Å². The third kappa shape index (κ3) is 4.85. The fourth-order valence-corrected chi connectivity index (χ4v) is 3.92. The van der Waals surface area contributed by atoms with E-state index >= 15 is 0 Å². The molecule has 0 radical (unpaired) electrons. The average molecular weight is 321 g/mol. The molecular formula is C17H27NO3Si. The number of benzene rings is 1. The fraction of sp³-hybridized carbons (Fsp3) is 0.588. The highest BCUT2D eigenvalue weighted by Crippen LogP contribution is 2.51. The molecule has 0 aliphatic heterocycles. The van der Waals surface area contributed by atoms with Gasteiger partial charge >= 0.3 is 6.09 Å². The SMILES string of the molecule is CC(C)(C)OC(=O)Nc1ccc(C2(O[Si](C)(C)C)CC2)cc1. The first kappa shape index (κ1) is 17.0. The predicted molar refractivity (Wildman–Crippen MR) is 91.6 cm³/mol. The lowest BCUT2D eigenvalue weighted by molar-refractivity contribution is 0.0636. The summed E-state index contributed by atoms with van der Waals surface area (Å²) in [6, 6.07) is 7.90. The molecule has 1 N–H and O–H groups in total. The van der Waals surface area contributed by atoms with E-state index in [0.29, 0.717) is 0 Å². The molecule has 0 atom stereocenters. The van der Waals surface area contributed by atoms with E-state index in [1.807, 2.05) is 45.0 Å². The lowest BCUT2D eigenvalue weighted by Gasteiger charge is -2.27. The molecule has 1 fully saturated rings. The minimum Gasteiger partial charge on any atom is -0.444 e. The van der Waals surface area contributed by atoms with Crippen molar-refractivity contribution in [2.75, 3.05) is 5.32 Å². The fourth-order valence-electron chi connectivity index (χ4n) is 2.43. The first-order valence-electron chi connectivity index (χ1n) is 7.80. The van der Waals surface area contributed by atoms with Crippen LogP contribution in [0.25, 0.3) is 0 Å². The van der Waals surface area contributed by atoms with Gasteiger partial charge in [0.2, 0.25) is 0 Å². The Labute approximate surface area is 134 Å². The Morgan fingerprint density at radius 2 is 1.68 bits per heavy atom. The molecule has 0 unspecified atom stereocenters. The zero-order valence-electron chi connectivity index (χ0n) is 14.4. The summed E-state index contributed by atoms with van der Waals surface area (Å²) in [6.07, 6.45) is 1.73. The van der Waals surface area contributed by atoms with Crippen LogP contribution in [0, 0.1) is 0 Å². The Balaban J connectivity index is 2.01. The van der Waals surface area contributed by atoms with Crippen molar-refractivity contribution in [2.24, 2.45) is 0 Å². The maximum absolute atomic E-state index is 11.8. The lowest BCUT2D eigenvalue weighted by atomic mass is 10.1. The van der Waals surface area contributed by atoms with Gasteiger partial charge in [-0.25, -0.2) is 4.79 Å². The summed E-state index contributed by atoms with van der Waals surface area (Å²) in [5.74, 6) is 0. The third-order valence-electron chi connectivity index (χ3n) is 3.26. The van der Waals surface area contributed by atoms with Crippen molar-refractivity contribution in [3.8, 4) is 0 Å². The van der Waals surface area contributed by atoms with E-state index in [1.54, 1.807) is 0 Å². The first-order chi connectivity index (χ1) is 9.99. The summed E-state index contributed by atoms with van der Waals surface area (Å²) in [6.45, 7) is 12.2. The van der Waals surface area contributed by atoms with Gasteiger partial charge in [-0.05, 0) is 71.0 Å². The second-order valence-electron chi connectivity index (χ2n) is 7.91. The van der Waals surface area contributed by atoms with Crippen molar-refractivity contribution in [3.63, 3.8) is 0 Å². The Hall–Kier alpha value is -1.33. The normalized spacial score (nSPS) is 17.0. The van der Waals surface area contributed by atoms with E-state index in [9.17, 15) is 4.79 Å². The zero-order chi connectivity index (χ0) is 16.6. The summed E-state index contributed by atoms with van der Waals surface area (Å²) in [5.41, 5.74) is 1.36. The van der Waals surface area contributed by atoms with Gasteiger partial charge in [0, 0.05) is 5.69 Å². The summed E-state index contributed by atoms with van der Waals surface area (Å²) in [4.78, 5) is 11.8. The van der Waals surface area contributed by atoms with Crippen LogP contribution in [0.15, 0.2) is 24.3 Å². The maximum Gasteiger partial charge on any atom is 0.412 e. The molecule has 1 aliphatic carbocycles. The summed E-state index contributed by atoms with van der Waals surface area (Å²) < 4.78 is 11.6. The Bertz CT molecular complexity index is 537. The van der Waals surface area contributed by atoms with Gasteiger partial charge in [-0.2, -0.15) is 0 Å². The standard InChI is InChI=1S/C17H27NO3Si/c1-16(2,3)20-15(19)18-14-9-7-13(8-10-14)17(11-12-17)21-22(4,5)6/h7-10H,11-12H2,1-6H3,(H,18,19). The van der Waals surface area contributed by atoms with E-state index in [1.165, 1.54) is 5.56 Å². The van der Waals surface area contributed by atoms with Crippen molar-refractivity contribution in [3.05, 3.63) is 29.8 Å². The molecule has 1 aromatic rings. The molecule has 122 valence electrons. The Morgan fingerprint density at radius 1 is 1.14 bits per heavy atom. The molecule has 0 aromatic heterocycles. The molecule has 1 amide bonds. The topological polar surface area (TPSA) is 47.6 Å². The Morgan fingerprint density at radius 3 is 2.09 bits per heavy atom. The molecule has 0 heterocycles. The van der Waals surface area contributed by atoms with Crippen LogP contribution < -0.4 is 5.32 Å². The zero-order valence-corrected chi connectivity index (χ0v) is 15.4. The summed E-state index contributed by atoms with van der Waals surface area (Å²) in [5, 5.41) is 2.75. The number of amides is 1. The van der Waals surface area contributed by atoms with Crippen molar-refractivity contribution in [2.45, 2.75) is 64.5 Å². The predicted octanol–water partition coefficient (Wildman–Crippen LogP) is 4.87. The van der Waals surface area contributed by atoms with E-state index < -0.39 is 20.0 Å². The highest BCUT2D eigenvalue weighted by molar-refractivity contribution is 6.69. The van der Waals surface area contributed by atoms with Crippen LogP contribution in [0.2, 0.25) is 19.6 Å². The molecule has 0 bridgehead atoms. The molecule has 2 rings (SSSR count). The van der Waals surface area contributed by atoms with Gasteiger partial charge in [-0.1, -0.05) is 12.1 Å². The largest absolute Gasteiger partial charge is 0.444 e. The van der Waals surface area contributed by atoms with Crippen molar-refractivity contribution in [1.82, 2.24) is 0 Å². The second kappa shape index (κ2) is 5.70. The molecule has 0 saturated heterocycles. The summed E-state index contributed by atoms with van der Waals surface area (Å²) in [7, 11) is -1.57. The Kier molecular flexibility index (Phi) is 4.41. The van der Waals surface area contributed by atoms with Crippen molar-refractivity contribution >= 4 is 20.1 Å². The van der Waals surface area contributed by atoms with E-state index in [-0.39, 0.29) is 5.60 Å². The van der Waals surface area contributed by atoms with Crippen LogP contribution in [-0.4, -0.2) is 20.0 Å². The van der Waals surface area contributed by atoms with Crippen LogP contribution in [0.5, 0.6) is 0 Å². The molecule has 5 heteroatoms. The molecule has 4 nitrogen and oxygen atoms in total. The molecule has 1 aliphatic rings.